The number of β-amino-alcohol motifs (C(OH)–C–C–N with tert-alkyl or cyclic N) is 1. The van der Waals surface area contributed by atoms with Crippen molar-refractivity contribution in [3.8, 4) is 5.75 Å². The summed E-state index contributed by atoms with van der Waals surface area (Å²) in [6, 6.07) is 15.2. The maximum Gasteiger partial charge on any atom is 0.253 e. The van der Waals surface area contributed by atoms with Crippen LogP contribution in [0.2, 0.25) is 0 Å². The minimum atomic E-state index is -0.614. The number of carbonyl (C=O) groups is 1. The van der Waals surface area contributed by atoms with Gasteiger partial charge in [-0.15, -0.1) is 0 Å². The lowest BCUT2D eigenvalue weighted by Crippen LogP contribution is -2.51. The van der Waals surface area contributed by atoms with Gasteiger partial charge in [-0.3, -0.25) is 9.69 Å². The summed E-state index contributed by atoms with van der Waals surface area (Å²) in [6.07, 6.45) is 1.53. The van der Waals surface area contributed by atoms with Crippen molar-refractivity contribution < 1.29 is 23.8 Å². The number of aliphatic hydroxyl groups is 1. The van der Waals surface area contributed by atoms with Crippen molar-refractivity contribution in [1.82, 2.24) is 9.80 Å². The Morgan fingerprint density at radius 2 is 1.91 bits per heavy atom. The lowest BCUT2D eigenvalue weighted by molar-refractivity contribution is -0.0538. The predicted molar refractivity (Wildman–Crippen MR) is 119 cm³/mol. The maximum absolute atomic E-state index is 13.3. The molecule has 1 aliphatic carbocycles. The van der Waals surface area contributed by atoms with E-state index in [1.54, 1.807) is 0 Å². The number of benzene rings is 2. The van der Waals surface area contributed by atoms with E-state index in [9.17, 15) is 14.3 Å². The first-order valence-corrected chi connectivity index (χ1v) is 11.3. The predicted octanol–water partition coefficient (Wildman–Crippen LogP) is 2.82. The van der Waals surface area contributed by atoms with Gasteiger partial charge in [-0.05, 0) is 55.2 Å². The van der Waals surface area contributed by atoms with E-state index in [0.29, 0.717) is 44.3 Å². The third-order valence-electron chi connectivity index (χ3n) is 5.86. The average Bonchev–Trinajstić information content (AvgIpc) is 3.62. The van der Waals surface area contributed by atoms with Crippen LogP contribution in [0.15, 0.2) is 54.6 Å². The van der Waals surface area contributed by atoms with Gasteiger partial charge < -0.3 is 19.5 Å². The molecule has 6 nitrogen and oxygen atoms in total. The van der Waals surface area contributed by atoms with E-state index < -0.39 is 6.10 Å². The van der Waals surface area contributed by atoms with Gasteiger partial charge in [-0.25, -0.2) is 4.39 Å². The number of aliphatic hydroxyl groups excluding tert-OH is 1. The number of hydrogen-bond donors (Lipinski definition) is 1. The van der Waals surface area contributed by atoms with Crippen molar-refractivity contribution in [3.63, 3.8) is 0 Å². The Labute approximate surface area is 188 Å². The molecule has 0 bridgehead atoms. The Balaban J connectivity index is 1.29. The van der Waals surface area contributed by atoms with E-state index in [2.05, 4.69) is 4.90 Å². The molecule has 2 aliphatic rings. The fraction of sp³-hybridized carbons (Fsp3) is 0.480. The molecule has 0 aromatic heterocycles. The highest BCUT2D eigenvalue weighted by Crippen LogP contribution is 2.30. The van der Waals surface area contributed by atoms with Gasteiger partial charge in [-0.2, -0.15) is 0 Å². The summed E-state index contributed by atoms with van der Waals surface area (Å²) in [5, 5.41) is 10.4. The lowest BCUT2D eigenvalue weighted by atomic mass is 10.1. The minimum absolute atomic E-state index is 0.0890. The summed E-state index contributed by atoms with van der Waals surface area (Å²) in [5.74, 6) is 0.836. The fourth-order valence-corrected chi connectivity index (χ4v) is 3.99. The lowest BCUT2D eigenvalue weighted by Gasteiger charge is -2.36. The number of ether oxygens (including phenoxy) is 2. The van der Waals surface area contributed by atoms with Crippen molar-refractivity contribution in [2.24, 2.45) is 5.92 Å². The molecule has 0 spiro atoms. The van der Waals surface area contributed by atoms with E-state index in [-0.39, 0.29) is 24.4 Å². The summed E-state index contributed by atoms with van der Waals surface area (Å²) >= 11 is 0. The molecule has 172 valence electrons. The Hall–Kier alpha value is -2.48. The van der Waals surface area contributed by atoms with E-state index in [0.717, 1.165) is 25.1 Å². The second kappa shape index (κ2) is 10.9. The Morgan fingerprint density at radius 3 is 2.62 bits per heavy atom. The summed E-state index contributed by atoms with van der Waals surface area (Å²) in [7, 11) is 0. The molecule has 2 aromatic carbocycles. The van der Waals surface area contributed by atoms with Gasteiger partial charge >= 0.3 is 0 Å². The van der Waals surface area contributed by atoms with Crippen molar-refractivity contribution in [1.29, 1.82) is 0 Å². The molecule has 2 atom stereocenters. The molecular formula is C25H31FN2O4. The molecule has 1 saturated carbocycles. The topological polar surface area (TPSA) is 62.2 Å². The number of hydrogen-bond acceptors (Lipinski definition) is 5. The maximum atomic E-state index is 13.3. The first-order valence-electron chi connectivity index (χ1n) is 11.3. The van der Waals surface area contributed by atoms with Gasteiger partial charge in [-0.1, -0.05) is 18.2 Å². The van der Waals surface area contributed by atoms with E-state index in [1.165, 1.54) is 24.3 Å². The third-order valence-corrected chi connectivity index (χ3v) is 5.86. The average molecular weight is 443 g/mol. The van der Waals surface area contributed by atoms with Crippen LogP contribution >= 0.6 is 0 Å². The van der Waals surface area contributed by atoms with Crippen molar-refractivity contribution in [2.75, 3.05) is 45.9 Å². The standard InChI is InChI=1S/C25H31FN2O4/c26-21-10-8-20(9-11-21)25(30)28(14-19-6-7-19)17-24-16-27(12-13-31-24)15-22(29)18-32-23-4-2-1-3-5-23/h1-5,8-11,19,22,24,29H,6-7,12-18H2. The van der Waals surface area contributed by atoms with Gasteiger partial charge in [0.15, 0.2) is 0 Å². The van der Waals surface area contributed by atoms with Crippen molar-refractivity contribution >= 4 is 5.91 Å². The molecule has 2 unspecified atom stereocenters. The molecule has 2 fully saturated rings. The van der Waals surface area contributed by atoms with E-state index in [4.69, 9.17) is 9.47 Å². The molecule has 0 radical (unpaired) electrons. The van der Waals surface area contributed by atoms with Crippen LogP contribution in [-0.4, -0.2) is 79.0 Å². The van der Waals surface area contributed by atoms with Crippen LogP contribution in [0.3, 0.4) is 0 Å². The number of rotatable bonds is 10. The number of nitrogens with zero attached hydrogens (tertiary/aromatic N) is 2. The van der Waals surface area contributed by atoms with Crippen molar-refractivity contribution in [3.05, 3.63) is 66.0 Å². The molecule has 4 rings (SSSR count). The molecule has 2 aromatic rings. The van der Waals surface area contributed by atoms with Crippen LogP contribution in [0.5, 0.6) is 5.75 Å². The highest BCUT2D eigenvalue weighted by atomic mass is 19.1. The van der Waals surface area contributed by atoms with Crippen LogP contribution in [0.25, 0.3) is 0 Å². The Kier molecular flexibility index (Phi) is 7.73. The third kappa shape index (κ3) is 6.76. The van der Waals surface area contributed by atoms with E-state index >= 15 is 0 Å². The number of morpholine rings is 1. The molecule has 1 heterocycles. The molecule has 1 amide bonds. The molecular weight excluding hydrogens is 411 g/mol. The number of para-hydroxylation sites is 1. The van der Waals surface area contributed by atoms with Gasteiger partial charge in [0.05, 0.1) is 12.7 Å². The molecule has 32 heavy (non-hydrogen) atoms. The van der Waals surface area contributed by atoms with Crippen LogP contribution in [0, 0.1) is 11.7 Å². The normalized spacial score (nSPS) is 20.0. The van der Waals surface area contributed by atoms with Crippen LogP contribution in [0.4, 0.5) is 4.39 Å². The van der Waals surface area contributed by atoms with Crippen LogP contribution in [0.1, 0.15) is 23.2 Å². The molecule has 1 aliphatic heterocycles. The minimum Gasteiger partial charge on any atom is -0.491 e. The van der Waals surface area contributed by atoms with E-state index in [1.807, 2.05) is 35.2 Å². The molecule has 7 heteroatoms. The molecule has 1 N–H and O–H groups in total. The van der Waals surface area contributed by atoms with Crippen molar-refractivity contribution in [2.45, 2.75) is 25.0 Å². The van der Waals surface area contributed by atoms with Gasteiger partial charge in [0.1, 0.15) is 24.3 Å². The van der Waals surface area contributed by atoms with Gasteiger partial charge in [0, 0.05) is 38.3 Å². The van der Waals surface area contributed by atoms with Gasteiger partial charge in [0.2, 0.25) is 0 Å². The second-order valence-electron chi connectivity index (χ2n) is 8.69. The number of amides is 1. The first kappa shape index (κ1) is 22.7. The van der Waals surface area contributed by atoms with Crippen LogP contribution in [-0.2, 0) is 4.74 Å². The highest BCUT2D eigenvalue weighted by Gasteiger charge is 2.31. The SMILES string of the molecule is O=C(c1ccc(F)cc1)N(CC1CC1)CC1CN(CC(O)COc2ccccc2)CCO1. The fourth-order valence-electron chi connectivity index (χ4n) is 3.99. The number of halogens is 1. The Bertz CT molecular complexity index is 860. The highest BCUT2D eigenvalue weighted by molar-refractivity contribution is 5.94. The summed E-state index contributed by atoms with van der Waals surface area (Å²) < 4.78 is 24.9. The Morgan fingerprint density at radius 1 is 1.16 bits per heavy atom. The van der Waals surface area contributed by atoms with Crippen LogP contribution < -0.4 is 4.74 Å². The summed E-state index contributed by atoms with van der Waals surface area (Å²) in [4.78, 5) is 17.0. The summed E-state index contributed by atoms with van der Waals surface area (Å²) in [6.45, 7) is 3.82. The first-order chi connectivity index (χ1) is 15.6. The number of carbonyl (C=O) groups excluding carboxylic acids is 1. The smallest absolute Gasteiger partial charge is 0.253 e. The zero-order chi connectivity index (χ0) is 22.3. The largest absolute Gasteiger partial charge is 0.491 e. The monoisotopic (exact) mass is 442 g/mol. The quantitative estimate of drug-likeness (QED) is 0.613. The van der Waals surface area contributed by atoms with Gasteiger partial charge in [0.25, 0.3) is 5.91 Å². The molecule has 1 saturated heterocycles. The zero-order valence-corrected chi connectivity index (χ0v) is 18.2. The second-order valence-corrected chi connectivity index (χ2v) is 8.69. The summed E-state index contributed by atoms with van der Waals surface area (Å²) in [5.41, 5.74) is 0.494. The zero-order valence-electron chi connectivity index (χ0n) is 18.2.